The second kappa shape index (κ2) is 7.13. The van der Waals surface area contributed by atoms with Gasteiger partial charge >= 0.3 is 6.03 Å². The number of carbonyl (C=O) groups is 1. The summed E-state index contributed by atoms with van der Waals surface area (Å²) in [6.07, 6.45) is 0. The van der Waals surface area contributed by atoms with Crippen molar-refractivity contribution in [2.45, 2.75) is 13.5 Å². The fraction of sp³-hybridized carbons (Fsp3) is 0.188. The van der Waals surface area contributed by atoms with Crippen LogP contribution in [0.3, 0.4) is 0 Å². The van der Waals surface area contributed by atoms with Gasteiger partial charge in [-0.1, -0.05) is 23.7 Å². The minimum atomic E-state index is -0.487. The van der Waals surface area contributed by atoms with E-state index < -0.39 is 5.82 Å². The molecule has 116 valence electrons. The van der Waals surface area contributed by atoms with Crippen LogP contribution in [0.4, 0.5) is 14.9 Å². The average molecular weight is 323 g/mol. The molecule has 0 heterocycles. The van der Waals surface area contributed by atoms with Gasteiger partial charge < -0.3 is 15.4 Å². The molecule has 0 aromatic heterocycles. The number of aryl methyl sites for hydroxylation is 1. The summed E-state index contributed by atoms with van der Waals surface area (Å²) in [5, 5.41) is 5.42. The monoisotopic (exact) mass is 322 g/mol. The molecule has 2 aromatic carbocycles. The number of amides is 2. The molecule has 4 nitrogen and oxygen atoms in total. The van der Waals surface area contributed by atoms with E-state index in [1.54, 1.807) is 12.1 Å². The Hall–Kier alpha value is -2.27. The van der Waals surface area contributed by atoms with Gasteiger partial charge in [0.1, 0.15) is 11.6 Å². The van der Waals surface area contributed by atoms with E-state index in [9.17, 15) is 9.18 Å². The largest absolute Gasteiger partial charge is 0.495 e. The van der Waals surface area contributed by atoms with E-state index in [1.165, 1.54) is 19.2 Å². The summed E-state index contributed by atoms with van der Waals surface area (Å²) in [6.45, 7) is 2.16. The van der Waals surface area contributed by atoms with E-state index in [0.717, 1.165) is 5.56 Å². The Balaban J connectivity index is 1.98. The number of halogens is 2. The molecule has 2 aromatic rings. The Morgan fingerprint density at radius 2 is 2.05 bits per heavy atom. The lowest BCUT2D eigenvalue weighted by atomic mass is 10.2. The zero-order chi connectivity index (χ0) is 16.1. The lowest BCUT2D eigenvalue weighted by molar-refractivity contribution is 0.251. The molecule has 2 N–H and O–H groups in total. The van der Waals surface area contributed by atoms with E-state index in [0.29, 0.717) is 17.0 Å². The fourth-order valence-electron chi connectivity index (χ4n) is 1.92. The average Bonchev–Trinajstić information content (AvgIpc) is 2.49. The van der Waals surface area contributed by atoms with E-state index in [2.05, 4.69) is 10.6 Å². The van der Waals surface area contributed by atoms with Crippen LogP contribution in [0.1, 0.15) is 11.1 Å². The molecular formula is C16H16ClFN2O2. The summed E-state index contributed by atoms with van der Waals surface area (Å²) in [5.41, 5.74) is 2.29. The number of hydrogen-bond acceptors (Lipinski definition) is 2. The normalized spacial score (nSPS) is 10.2. The van der Waals surface area contributed by atoms with E-state index in [1.807, 2.05) is 19.1 Å². The maximum atomic E-state index is 13.1. The zero-order valence-corrected chi connectivity index (χ0v) is 13.0. The third-order valence-electron chi connectivity index (χ3n) is 3.04. The van der Waals surface area contributed by atoms with Gasteiger partial charge in [0, 0.05) is 6.54 Å². The summed E-state index contributed by atoms with van der Waals surface area (Å²) >= 11 is 5.70. The second-order valence-electron chi connectivity index (χ2n) is 4.76. The standard InChI is InChI=1S/C16H16ClFN2O2/c1-10-3-6-15(22-2)14(7-10)20-16(21)19-9-11-4-5-13(18)12(17)8-11/h3-8H,9H2,1-2H3,(H2,19,20,21). The minimum Gasteiger partial charge on any atom is -0.495 e. The van der Waals surface area contributed by atoms with Gasteiger partial charge in [-0.15, -0.1) is 0 Å². The van der Waals surface area contributed by atoms with Crippen LogP contribution in [0.15, 0.2) is 36.4 Å². The molecule has 0 fully saturated rings. The molecule has 0 saturated carbocycles. The van der Waals surface area contributed by atoms with Crippen molar-refractivity contribution in [3.63, 3.8) is 0 Å². The third kappa shape index (κ3) is 4.11. The van der Waals surface area contributed by atoms with Crippen LogP contribution in [0, 0.1) is 12.7 Å². The van der Waals surface area contributed by atoms with Crippen molar-refractivity contribution in [2.75, 3.05) is 12.4 Å². The summed E-state index contributed by atoms with van der Waals surface area (Å²) in [4.78, 5) is 11.9. The second-order valence-corrected chi connectivity index (χ2v) is 5.17. The first-order valence-electron chi connectivity index (χ1n) is 6.63. The highest BCUT2D eigenvalue weighted by molar-refractivity contribution is 6.30. The van der Waals surface area contributed by atoms with E-state index in [-0.39, 0.29) is 17.6 Å². The van der Waals surface area contributed by atoms with Gasteiger partial charge in [0.2, 0.25) is 0 Å². The minimum absolute atomic E-state index is 0.0278. The molecule has 0 saturated heterocycles. The number of anilines is 1. The van der Waals surface area contributed by atoms with Crippen molar-refractivity contribution in [2.24, 2.45) is 0 Å². The number of ether oxygens (including phenoxy) is 1. The smallest absolute Gasteiger partial charge is 0.319 e. The van der Waals surface area contributed by atoms with Gasteiger partial charge in [-0.2, -0.15) is 0 Å². The summed E-state index contributed by atoms with van der Waals surface area (Å²) in [7, 11) is 1.54. The molecule has 22 heavy (non-hydrogen) atoms. The van der Waals surface area contributed by atoms with Gasteiger partial charge in [0.15, 0.2) is 0 Å². The van der Waals surface area contributed by atoms with E-state index >= 15 is 0 Å². The molecule has 0 bridgehead atoms. The summed E-state index contributed by atoms with van der Waals surface area (Å²) in [6, 6.07) is 9.41. The maximum Gasteiger partial charge on any atom is 0.319 e. The molecule has 2 rings (SSSR count). The molecule has 6 heteroatoms. The predicted octanol–water partition coefficient (Wildman–Crippen LogP) is 4.12. The lowest BCUT2D eigenvalue weighted by Gasteiger charge is -2.12. The first-order valence-corrected chi connectivity index (χ1v) is 7.01. The van der Waals surface area contributed by atoms with Crippen LogP contribution in [0.2, 0.25) is 5.02 Å². The van der Waals surface area contributed by atoms with Gasteiger partial charge in [-0.25, -0.2) is 9.18 Å². The Morgan fingerprint density at radius 3 is 2.73 bits per heavy atom. The fourth-order valence-corrected chi connectivity index (χ4v) is 2.12. The van der Waals surface area contributed by atoms with Gasteiger partial charge in [-0.3, -0.25) is 0 Å². The van der Waals surface area contributed by atoms with Gasteiger partial charge in [0.25, 0.3) is 0 Å². The summed E-state index contributed by atoms with van der Waals surface area (Å²) < 4.78 is 18.3. The molecular weight excluding hydrogens is 307 g/mol. The van der Waals surface area contributed by atoms with Crippen molar-refractivity contribution in [1.82, 2.24) is 5.32 Å². The van der Waals surface area contributed by atoms with Crippen LogP contribution in [0.5, 0.6) is 5.75 Å². The molecule has 0 unspecified atom stereocenters. The lowest BCUT2D eigenvalue weighted by Crippen LogP contribution is -2.28. The van der Waals surface area contributed by atoms with Crippen LogP contribution < -0.4 is 15.4 Å². The Labute approximate surface area is 133 Å². The van der Waals surface area contributed by atoms with Crippen LogP contribution in [-0.2, 0) is 6.54 Å². The topological polar surface area (TPSA) is 50.4 Å². The Bertz CT molecular complexity index is 692. The first kappa shape index (κ1) is 16.1. The number of benzene rings is 2. The highest BCUT2D eigenvalue weighted by Crippen LogP contribution is 2.25. The van der Waals surface area contributed by atoms with Crippen molar-refractivity contribution in [3.05, 3.63) is 58.4 Å². The number of carbonyl (C=O) groups excluding carboxylic acids is 1. The van der Waals surface area contributed by atoms with Crippen molar-refractivity contribution in [3.8, 4) is 5.75 Å². The van der Waals surface area contributed by atoms with Crippen LogP contribution in [-0.4, -0.2) is 13.1 Å². The van der Waals surface area contributed by atoms with Crippen molar-refractivity contribution < 1.29 is 13.9 Å². The molecule has 0 spiro atoms. The van der Waals surface area contributed by atoms with Crippen LogP contribution >= 0.6 is 11.6 Å². The SMILES string of the molecule is COc1ccc(C)cc1NC(=O)NCc1ccc(F)c(Cl)c1. The number of methoxy groups -OCH3 is 1. The molecule has 0 radical (unpaired) electrons. The van der Waals surface area contributed by atoms with Crippen molar-refractivity contribution in [1.29, 1.82) is 0 Å². The van der Waals surface area contributed by atoms with Crippen LogP contribution in [0.25, 0.3) is 0 Å². The maximum absolute atomic E-state index is 13.1. The molecule has 0 aliphatic heterocycles. The first-order chi connectivity index (χ1) is 10.5. The predicted molar refractivity (Wildman–Crippen MR) is 85.0 cm³/mol. The molecule has 0 aliphatic carbocycles. The highest BCUT2D eigenvalue weighted by atomic mass is 35.5. The molecule has 0 aliphatic rings. The number of nitrogens with one attached hydrogen (secondary N) is 2. The Morgan fingerprint density at radius 1 is 1.27 bits per heavy atom. The highest BCUT2D eigenvalue weighted by Gasteiger charge is 2.08. The number of hydrogen-bond donors (Lipinski definition) is 2. The summed E-state index contributed by atoms with van der Waals surface area (Å²) in [5.74, 6) is 0.0879. The number of rotatable bonds is 4. The van der Waals surface area contributed by atoms with Gasteiger partial charge in [-0.05, 0) is 42.3 Å². The molecule has 2 amide bonds. The quantitative estimate of drug-likeness (QED) is 0.889. The number of urea groups is 1. The zero-order valence-electron chi connectivity index (χ0n) is 12.2. The van der Waals surface area contributed by atoms with E-state index in [4.69, 9.17) is 16.3 Å². The molecule has 0 atom stereocenters. The Kier molecular flexibility index (Phi) is 5.22. The van der Waals surface area contributed by atoms with Gasteiger partial charge in [0.05, 0.1) is 17.8 Å². The third-order valence-corrected chi connectivity index (χ3v) is 3.33. The van der Waals surface area contributed by atoms with Crippen molar-refractivity contribution >= 4 is 23.3 Å².